The fourth-order valence-corrected chi connectivity index (χ4v) is 4.82. The summed E-state index contributed by atoms with van der Waals surface area (Å²) in [4.78, 5) is 6.94. The lowest BCUT2D eigenvalue weighted by atomic mass is 10.0. The van der Waals surface area contributed by atoms with Crippen molar-refractivity contribution in [3.8, 4) is 5.69 Å². The second kappa shape index (κ2) is 8.20. The molecule has 3 aromatic rings. The monoisotopic (exact) mass is 418 g/mol. The Bertz CT molecular complexity index is 1010. The highest BCUT2D eigenvalue weighted by Gasteiger charge is 2.42. The SMILES string of the molecule is Cc1ccc(-n2cccc2[C@@H]2[C@H](c3ccccn3)NC(=S)N2C[C@@H]2CCCO2)cc1. The predicted molar refractivity (Wildman–Crippen MR) is 122 cm³/mol. The van der Waals surface area contributed by atoms with E-state index in [-0.39, 0.29) is 18.2 Å². The van der Waals surface area contributed by atoms with Gasteiger partial charge < -0.3 is 19.5 Å². The van der Waals surface area contributed by atoms with Gasteiger partial charge in [0.05, 0.1) is 23.9 Å². The zero-order valence-corrected chi connectivity index (χ0v) is 17.9. The van der Waals surface area contributed by atoms with Gasteiger partial charge in [0.25, 0.3) is 0 Å². The van der Waals surface area contributed by atoms with Gasteiger partial charge in [-0.2, -0.15) is 0 Å². The first-order chi connectivity index (χ1) is 14.7. The van der Waals surface area contributed by atoms with Gasteiger partial charge in [-0.1, -0.05) is 23.8 Å². The first kappa shape index (κ1) is 19.3. The van der Waals surface area contributed by atoms with Crippen molar-refractivity contribution < 1.29 is 4.74 Å². The fourth-order valence-electron chi connectivity index (χ4n) is 4.51. The van der Waals surface area contributed by atoms with Crippen LogP contribution in [0.15, 0.2) is 67.0 Å². The van der Waals surface area contributed by atoms with Crippen LogP contribution in [0.5, 0.6) is 0 Å². The molecule has 0 bridgehead atoms. The van der Waals surface area contributed by atoms with Crippen LogP contribution in [0.25, 0.3) is 5.69 Å². The number of hydrogen-bond acceptors (Lipinski definition) is 3. The molecule has 2 aliphatic heterocycles. The predicted octanol–water partition coefficient (Wildman–Crippen LogP) is 4.33. The fraction of sp³-hybridized carbons (Fsp3) is 0.333. The van der Waals surface area contributed by atoms with Gasteiger partial charge >= 0.3 is 0 Å². The highest BCUT2D eigenvalue weighted by Crippen LogP contribution is 2.40. The molecule has 5 nitrogen and oxygen atoms in total. The molecule has 2 fully saturated rings. The smallest absolute Gasteiger partial charge is 0.170 e. The van der Waals surface area contributed by atoms with E-state index in [1.807, 2.05) is 18.3 Å². The Morgan fingerprint density at radius 1 is 1.13 bits per heavy atom. The first-order valence-electron chi connectivity index (χ1n) is 10.5. The molecule has 0 saturated carbocycles. The minimum absolute atomic E-state index is 0.0146. The van der Waals surface area contributed by atoms with E-state index in [1.54, 1.807) is 0 Å². The zero-order valence-electron chi connectivity index (χ0n) is 17.1. The molecule has 0 spiro atoms. The summed E-state index contributed by atoms with van der Waals surface area (Å²) in [5.41, 5.74) is 4.59. The summed E-state index contributed by atoms with van der Waals surface area (Å²) in [5.74, 6) is 0. The maximum absolute atomic E-state index is 5.95. The number of benzene rings is 1. The summed E-state index contributed by atoms with van der Waals surface area (Å²) in [6.45, 7) is 3.74. The van der Waals surface area contributed by atoms with E-state index in [0.29, 0.717) is 0 Å². The van der Waals surface area contributed by atoms with Crippen molar-refractivity contribution in [2.45, 2.75) is 38.0 Å². The molecule has 4 heterocycles. The van der Waals surface area contributed by atoms with Gasteiger partial charge in [0, 0.05) is 36.9 Å². The molecule has 0 aliphatic carbocycles. The second-order valence-electron chi connectivity index (χ2n) is 8.05. The Morgan fingerprint density at radius 3 is 2.73 bits per heavy atom. The van der Waals surface area contributed by atoms with Crippen molar-refractivity contribution in [3.63, 3.8) is 0 Å². The van der Waals surface area contributed by atoms with Gasteiger partial charge in [0.15, 0.2) is 5.11 Å². The van der Waals surface area contributed by atoms with Gasteiger partial charge in [0.2, 0.25) is 0 Å². The van der Waals surface area contributed by atoms with Gasteiger partial charge in [-0.3, -0.25) is 4.98 Å². The Balaban J connectivity index is 1.56. The number of ether oxygens (including phenoxy) is 1. The summed E-state index contributed by atoms with van der Waals surface area (Å²) in [6.07, 6.45) is 6.39. The van der Waals surface area contributed by atoms with Crippen molar-refractivity contribution in [2.24, 2.45) is 0 Å². The standard InChI is InChI=1S/C24H26N4OS/c1-17-9-11-18(12-10-17)27-14-4-8-21(27)23-22(20-7-2-3-13-25-20)26-24(30)28(23)16-19-6-5-15-29-19/h2-4,7-14,19,22-23H,5-6,15-16H2,1H3,(H,26,30)/t19-,22-,23+/m0/s1. The molecule has 1 aromatic carbocycles. The van der Waals surface area contributed by atoms with E-state index in [1.165, 1.54) is 11.3 Å². The van der Waals surface area contributed by atoms with Gasteiger partial charge in [-0.25, -0.2) is 0 Å². The summed E-state index contributed by atoms with van der Waals surface area (Å²) in [5, 5.41) is 4.31. The maximum atomic E-state index is 5.95. The van der Waals surface area contributed by atoms with Crippen molar-refractivity contribution in [1.29, 1.82) is 0 Å². The molecule has 1 N–H and O–H groups in total. The molecular weight excluding hydrogens is 392 g/mol. The van der Waals surface area contributed by atoms with Crippen LogP contribution in [-0.4, -0.2) is 38.8 Å². The van der Waals surface area contributed by atoms with Crippen LogP contribution < -0.4 is 5.32 Å². The maximum Gasteiger partial charge on any atom is 0.170 e. The molecule has 0 unspecified atom stereocenters. The Labute approximate surface area is 182 Å². The highest BCUT2D eigenvalue weighted by atomic mass is 32.1. The van der Waals surface area contributed by atoms with Crippen LogP contribution in [0.4, 0.5) is 0 Å². The normalized spacial score (nSPS) is 23.7. The van der Waals surface area contributed by atoms with Crippen LogP contribution in [0, 0.1) is 6.92 Å². The van der Waals surface area contributed by atoms with Crippen LogP contribution in [-0.2, 0) is 4.74 Å². The average molecular weight is 419 g/mol. The van der Waals surface area contributed by atoms with Gasteiger partial charge in [-0.15, -0.1) is 0 Å². The molecule has 2 aliphatic rings. The summed E-state index contributed by atoms with van der Waals surface area (Å²) < 4.78 is 8.21. The molecule has 6 heteroatoms. The third-order valence-electron chi connectivity index (χ3n) is 6.02. The van der Waals surface area contributed by atoms with Crippen molar-refractivity contribution in [2.75, 3.05) is 13.2 Å². The van der Waals surface area contributed by atoms with Crippen LogP contribution in [0.2, 0.25) is 0 Å². The summed E-state index contributed by atoms with van der Waals surface area (Å²) in [7, 11) is 0. The number of nitrogens with zero attached hydrogens (tertiary/aromatic N) is 3. The van der Waals surface area contributed by atoms with Crippen LogP contribution in [0.3, 0.4) is 0 Å². The van der Waals surface area contributed by atoms with E-state index in [9.17, 15) is 0 Å². The largest absolute Gasteiger partial charge is 0.376 e. The Morgan fingerprint density at radius 2 is 2.00 bits per heavy atom. The Hall–Kier alpha value is -2.70. The lowest BCUT2D eigenvalue weighted by molar-refractivity contribution is 0.0836. The number of thiocarbonyl (C=S) groups is 1. The van der Waals surface area contributed by atoms with E-state index >= 15 is 0 Å². The van der Waals surface area contributed by atoms with Crippen molar-refractivity contribution in [3.05, 3.63) is 83.9 Å². The average Bonchev–Trinajstić information content (AvgIpc) is 3.51. The van der Waals surface area contributed by atoms with Gasteiger partial charge in [0.1, 0.15) is 0 Å². The summed E-state index contributed by atoms with van der Waals surface area (Å²) in [6, 6.07) is 19.0. The third kappa shape index (κ3) is 3.61. The molecule has 3 atom stereocenters. The summed E-state index contributed by atoms with van der Waals surface area (Å²) >= 11 is 5.80. The van der Waals surface area contributed by atoms with Crippen molar-refractivity contribution in [1.82, 2.24) is 19.8 Å². The van der Waals surface area contributed by atoms with Gasteiger partial charge in [-0.05, 0) is 68.4 Å². The second-order valence-corrected chi connectivity index (χ2v) is 8.44. The number of rotatable bonds is 5. The third-order valence-corrected chi connectivity index (χ3v) is 6.37. The minimum Gasteiger partial charge on any atom is -0.376 e. The lowest BCUT2D eigenvalue weighted by Gasteiger charge is -2.30. The lowest BCUT2D eigenvalue weighted by Crippen LogP contribution is -2.36. The van der Waals surface area contributed by atoms with E-state index in [2.05, 4.69) is 75.4 Å². The van der Waals surface area contributed by atoms with Crippen molar-refractivity contribution >= 4 is 17.3 Å². The molecule has 154 valence electrons. The van der Waals surface area contributed by atoms with E-state index < -0.39 is 0 Å². The molecule has 2 saturated heterocycles. The van der Waals surface area contributed by atoms with Crippen LogP contribution >= 0.6 is 12.2 Å². The number of nitrogens with one attached hydrogen (secondary N) is 1. The first-order valence-corrected chi connectivity index (χ1v) is 11.0. The van der Waals surface area contributed by atoms with E-state index in [4.69, 9.17) is 17.0 Å². The minimum atomic E-state index is -0.0146. The van der Waals surface area contributed by atoms with Crippen LogP contribution in [0.1, 0.15) is 41.9 Å². The molecule has 0 amide bonds. The quantitative estimate of drug-likeness (QED) is 0.625. The number of aromatic nitrogens is 2. The highest BCUT2D eigenvalue weighted by molar-refractivity contribution is 7.80. The number of aryl methyl sites for hydroxylation is 1. The molecule has 0 radical (unpaired) electrons. The molecule has 30 heavy (non-hydrogen) atoms. The van der Waals surface area contributed by atoms with E-state index in [0.717, 1.165) is 42.5 Å². The Kier molecular flexibility index (Phi) is 5.27. The molecule has 2 aromatic heterocycles. The number of pyridine rings is 1. The molecule has 5 rings (SSSR count). The zero-order chi connectivity index (χ0) is 20.5. The number of hydrogen-bond donors (Lipinski definition) is 1. The topological polar surface area (TPSA) is 42.3 Å². The molecular formula is C24H26N4OS.